The summed E-state index contributed by atoms with van der Waals surface area (Å²) in [5.74, 6) is -4.48. The highest BCUT2D eigenvalue weighted by Crippen LogP contribution is 2.45. The zero-order chi connectivity index (χ0) is 27.4. The van der Waals surface area contributed by atoms with Crippen LogP contribution in [0.2, 0.25) is 0 Å². The highest BCUT2D eigenvalue weighted by Gasteiger charge is 2.28. The first kappa shape index (κ1) is 26.7. The number of fused-ring (bicyclic) bond motifs is 1. The normalized spacial score (nSPS) is 10.4. The van der Waals surface area contributed by atoms with Crippen molar-refractivity contribution in [2.75, 3.05) is 14.2 Å². The van der Waals surface area contributed by atoms with Gasteiger partial charge in [0.25, 0.3) is 0 Å². The van der Waals surface area contributed by atoms with Crippen LogP contribution in [0.1, 0.15) is 27.7 Å². The van der Waals surface area contributed by atoms with Gasteiger partial charge in [0.05, 0.1) is 14.2 Å². The molecule has 0 atom stereocenters. The van der Waals surface area contributed by atoms with Crippen LogP contribution in [-0.4, -0.2) is 38.1 Å². The van der Waals surface area contributed by atoms with Crippen molar-refractivity contribution in [1.29, 1.82) is 0 Å². The van der Waals surface area contributed by atoms with Crippen molar-refractivity contribution < 1.29 is 52.0 Å². The number of hydrogen-bond donors (Lipinski definition) is 0. The molecule has 0 saturated heterocycles. The minimum Gasteiger partial charge on any atom is -0.493 e. The van der Waals surface area contributed by atoms with E-state index in [4.69, 9.17) is 32.8 Å². The number of ether oxygens (including phenoxy) is 6. The fourth-order valence-electron chi connectivity index (χ4n) is 3.41. The summed E-state index contributed by atoms with van der Waals surface area (Å²) in [6.07, 6.45) is 0. The van der Waals surface area contributed by atoms with Gasteiger partial charge in [-0.25, -0.2) is 0 Å². The first-order valence-electron chi connectivity index (χ1n) is 10.6. The Morgan fingerprint density at radius 3 is 1.76 bits per heavy atom. The van der Waals surface area contributed by atoms with Gasteiger partial charge in [0.2, 0.25) is 16.9 Å². The summed E-state index contributed by atoms with van der Waals surface area (Å²) in [5, 5.41) is -0.323. The highest BCUT2D eigenvalue weighted by atomic mass is 16.6. The van der Waals surface area contributed by atoms with Crippen molar-refractivity contribution in [2.45, 2.75) is 27.7 Å². The minimum absolute atomic E-state index is 0.0000408. The molecule has 0 spiro atoms. The lowest BCUT2D eigenvalue weighted by Crippen LogP contribution is -2.16. The second-order valence-electron chi connectivity index (χ2n) is 7.44. The van der Waals surface area contributed by atoms with Crippen molar-refractivity contribution in [1.82, 2.24) is 0 Å². The molecular formula is C25H22O12. The number of esters is 4. The topological polar surface area (TPSA) is 154 Å². The summed E-state index contributed by atoms with van der Waals surface area (Å²) in [4.78, 5) is 60.6. The summed E-state index contributed by atoms with van der Waals surface area (Å²) in [6.45, 7) is 4.48. The van der Waals surface area contributed by atoms with E-state index in [0.717, 1.165) is 20.8 Å². The molecular weight excluding hydrogens is 492 g/mol. The molecule has 0 N–H and O–H groups in total. The Balaban J connectivity index is 2.47. The Kier molecular flexibility index (Phi) is 7.81. The van der Waals surface area contributed by atoms with Crippen LogP contribution in [0.15, 0.2) is 33.5 Å². The number of benzene rings is 2. The van der Waals surface area contributed by atoms with Crippen LogP contribution in [0.5, 0.6) is 34.5 Å². The van der Waals surface area contributed by atoms with Gasteiger partial charge < -0.3 is 32.8 Å². The summed E-state index contributed by atoms with van der Waals surface area (Å²) < 4.78 is 37.1. The fourth-order valence-corrected chi connectivity index (χ4v) is 3.41. The SMILES string of the molecule is COc1ccc(-c2oc3cc(OC(C)=O)c(OC)c(OC(C)=O)c3c(=O)c2OC(C)=O)cc1OC(C)=O. The monoisotopic (exact) mass is 514 g/mol. The molecule has 1 aromatic heterocycles. The second-order valence-corrected chi connectivity index (χ2v) is 7.44. The second kappa shape index (κ2) is 10.8. The molecule has 1 heterocycles. The highest BCUT2D eigenvalue weighted by molar-refractivity contribution is 5.95. The molecule has 3 aromatic rings. The molecule has 0 unspecified atom stereocenters. The molecule has 0 radical (unpaired) electrons. The van der Waals surface area contributed by atoms with E-state index in [1.54, 1.807) is 0 Å². The van der Waals surface area contributed by atoms with Crippen LogP contribution in [0, 0.1) is 0 Å². The van der Waals surface area contributed by atoms with Gasteiger partial charge in [-0.2, -0.15) is 0 Å². The third-order valence-electron chi connectivity index (χ3n) is 4.65. The maximum atomic E-state index is 13.6. The van der Waals surface area contributed by atoms with Gasteiger partial charge in [-0.1, -0.05) is 0 Å². The van der Waals surface area contributed by atoms with Gasteiger partial charge in [-0.3, -0.25) is 24.0 Å². The van der Waals surface area contributed by atoms with Crippen LogP contribution >= 0.6 is 0 Å². The molecule has 194 valence electrons. The predicted octanol–water partition coefficient (Wildman–Crippen LogP) is 3.18. The fraction of sp³-hybridized carbons (Fsp3) is 0.240. The Morgan fingerprint density at radius 2 is 1.22 bits per heavy atom. The molecule has 0 saturated carbocycles. The van der Waals surface area contributed by atoms with E-state index >= 15 is 0 Å². The molecule has 12 nitrogen and oxygen atoms in total. The Labute approximate surface area is 209 Å². The van der Waals surface area contributed by atoms with E-state index in [-0.39, 0.29) is 45.3 Å². The van der Waals surface area contributed by atoms with Crippen molar-refractivity contribution in [2.24, 2.45) is 0 Å². The van der Waals surface area contributed by atoms with Gasteiger partial charge in [-0.15, -0.1) is 0 Å². The number of carbonyl (C=O) groups excluding carboxylic acids is 4. The molecule has 37 heavy (non-hydrogen) atoms. The van der Waals surface area contributed by atoms with E-state index in [1.165, 1.54) is 45.4 Å². The summed E-state index contributed by atoms with van der Waals surface area (Å²) in [7, 11) is 2.57. The largest absolute Gasteiger partial charge is 0.493 e. The summed E-state index contributed by atoms with van der Waals surface area (Å²) in [5.41, 5.74) is -0.944. The number of carbonyl (C=O) groups is 4. The zero-order valence-electron chi connectivity index (χ0n) is 20.7. The molecule has 0 aliphatic rings. The third kappa shape index (κ3) is 5.69. The Hall–Kier alpha value is -4.87. The quantitative estimate of drug-likeness (QED) is 0.336. The molecule has 0 aliphatic carbocycles. The van der Waals surface area contributed by atoms with E-state index < -0.39 is 40.8 Å². The van der Waals surface area contributed by atoms with Crippen molar-refractivity contribution in [3.8, 4) is 45.8 Å². The van der Waals surface area contributed by atoms with E-state index in [2.05, 4.69) is 0 Å². The van der Waals surface area contributed by atoms with Crippen molar-refractivity contribution >= 4 is 34.8 Å². The molecule has 2 aromatic carbocycles. The smallest absolute Gasteiger partial charge is 0.308 e. The number of methoxy groups -OCH3 is 2. The lowest BCUT2D eigenvalue weighted by Gasteiger charge is -2.16. The molecule has 0 aliphatic heterocycles. The predicted molar refractivity (Wildman–Crippen MR) is 126 cm³/mol. The standard InChI is InChI=1S/C25H22O12/c1-11(26)33-17-9-15(7-8-16(17)31-5)22-25(36-14(4)29)21(30)20-18(37-22)10-19(34-12(2)27)23(32-6)24(20)35-13(3)28/h7-10H,1-6H3. The maximum Gasteiger partial charge on any atom is 0.308 e. The Bertz CT molecular complexity index is 1480. The van der Waals surface area contributed by atoms with E-state index in [0.29, 0.717) is 0 Å². The van der Waals surface area contributed by atoms with Gasteiger partial charge in [0.1, 0.15) is 11.0 Å². The maximum absolute atomic E-state index is 13.6. The third-order valence-corrected chi connectivity index (χ3v) is 4.65. The van der Waals surface area contributed by atoms with Crippen LogP contribution in [0.25, 0.3) is 22.3 Å². The Morgan fingerprint density at radius 1 is 0.649 bits per heavy atom. The average molecular weight is 514 g/mol. The lowest BCUT2D eigenvalue weighted by molar-refractivity contribution is -0.133. The van der Waals surface area contributed by atoms with Crippen LogP contribution in [-0.2, 0) is 19.2 Å². The summed E-state index contributed by atoms with van der Waals surface area (Å²) >= 11 is 0. The van der Waals surface area contributed by atoms with Crippen LogP contribution in [0.4, 0.5) is 0 Å². The van der Waals surface area contributed by atoms with Gasteiger partial charge in [-0.05, 0) is 18.2 Å². The molecule has 0 bridgehead atoms. The van der Waals surface area contributed by atoms with Gasteiger partial charge >= 0.3 is 23.9 Å². The van der Waals surface area contributed by atoms with Gasteiger partial charge in [0, 0.05) is 39.3 Å². The first-order chi connectivity index (χ1) is 17.5. The number of hydrogen-bond acceptors (Lipinski definition) is 12. The van der Waals surface area contributed by atoms with Crippen molar-refractivity contribution in [3.63, 3.8) is 0 Å². The van der Waals surface area contributed by atoms with Crippen LogP contribution in [0.3, 0.4) is 0 Å². The molecule has 0 amide bonds. The van der Waals surface area contributed by atoms with E-state index in [1.807, 2.05) is 0 Å². The van der Waals surface area contributed by atoms with Crippen LogP contribution < -0.4 is 33.8 Å². The average Bonchev–Trinajstić information content (AvgIpc) is 2.79. The molecule has 12 heteroatoms. The summed E-state index contributed by atoms with van der Waals surface area (Å²) in [6, 6.07) is 5.42. The number of rotatable bonds is 7. The van der Waals surface area contributed by atoms with E-state index in [9.17, 15) is 24.0 Å². The molecule has 0 fully saturated rings. The first-order valence-corrected chi connectivity index (χ1v) is 10.6. The minimum atomic E-state index is -0.903. The lowest BCUT2D eigenvalue weighted by atomic mass is 10.1. The zero-order valence-corrected chi connectivity index (χ0v) is 20.7. The molecule has 3 rings (SSSR count). The van der Waals surface area contributed by atoms with Gasteiger partial charge in [0.15, 0.2) is 28.8 Å². The van der Waals surface area contributed by atoms with Crippen molar-refractivity contribution in [3.05, 3.63) is 34.5 Å².